The van der Waals surface area contributed by atoms with Crippen LogP contribution in [0.4, 0.5) is 4.39 Å². The molecule has 0 N–H and O–H groups in total. The first-order chi connectivity index (χ1) is 7.19. The van der Waals surface area contributed by atoms with Crippen LogP contribution >= 0.6 is 11.8 Å². The predicted octanol–water partition coefficient (Wildman–Crippen LogP) is 1.08. The van der Waals surface area contributed by atoms with Crippen molar-refractivity contribution in [3.05, 3.63) is 0 Å². The monoisotopic (exact) mass is 233 g/mol. The Labute approximate surface area is 93.3 Å². The maximum absolute atomic E-state index is 12.0. The smallest absolute Gasteiger partial charge is 0.225 e. The van der Waals surface area contributed by atoms with Gasteiger partial charge in [0, 0.05) is 26.0 Å². The number of nitrogens with zero attached hydrogens (tertiary/aromatic N) is 1. The Morgan fingerprint density at radius 3 is 2.93 bits per heavy atom. The summed E-state index contributed by atoms with van der Waals surface area (Å²) in [6, 6.07) is 0. The Balaban J connectivity index is 1.80. The van der Waals surface area contributed by atoms with Crippen LogP contribution < -0.4 is 0 Å². The van der Waals surface area contributed by atoms with Crippen molar-refractivity contribution in [2.24, 2.45) is 0 Å². The third kappa shape index (κ3) is 2.13. The van der Waals surface area contributed by atoms with E-state index in [-0.39, 0.29) is 17.1 Å². The van der Waals surface area contributed by atoms with Gasteiger partial charge in [-0.2, -0.15) is 0 Å². The number of halogens is 1. The molecule has 1 amide bonds. The highest BCUT2D eigenvalue weighted by Crippen LogP contribution is 2.45. The zero-order valence-electron chi connectivity index (χ0n) is 8.87. The fraction of sp³-hybridized carbons (Fsp3) is 0.900. The normalized spacial score (nSPS) is 28.1. The first kappa shape index (κ1) is 11.2. The van der Waals surface area contributed by atoms with Crippen molar-refractivity contribution < 1.29 is 13.9 Å². The van der Waals surface area contributed by atoms with E-state index in [1.165, 1.54) is 0 Å². The summed E-state index contributed by atoms with van der Waals surface area (Å²) in [5, 5.41) is 0. The highest BCUT2D eigenvalue weighted by atomic mass is 32.2. The number of thioether (sulfide) groups is 1. The Morgan fingerprint density at radius 2 is 2.40 bits per heavy atom. The van der Waals surface area contributed by atoms with E-state index >= 15 is 0 Å². The van der Waals surface area contributed by atoms with E-state index in [0.29, 0.717) is 6.10 Å². The highest BCUT2D eigenvalue weighted by Gasteiger charge is 2.50. The minimum absolute atomic E-state index is 0.0362. The average molecular weight is 233 g/mol. The van der Waals surface area contributed by atoms with Crippen LogP contribution in [0, 0.1) is 0 Å². The van der Waals surface area contributed by atoms with Gasteiger partial charge in [-0.3, -0.25) is 9.18 Å². The molecule has 2 saturated heterocycles. The summed E-state index contributed by atoms with van der Waals surface area (Å²) < 4.78 is 17.5. The molecule has 0 bridgehead atoms. The molecule has 5 heteroatoms. The number of hydrogen-bond acceptors (Lipinski definition) is 3. The van der Waals surface area contributed by atoms with Crippen molar-refractivity contribution in [1.82, 2.24) is 4.90 Å². The van der Waals surface area contributed by atoms with E-state index in [4.69, 9.17) is 4.74 Å². The standard InChI is InChI=1S/C10H16FNO2S/c1-14-8-4-10(15-5-8)6-12(7-10)9(13)2-3-11/h8H,2-7H2,1H3/t8-/m1/s1. The highest BCUT2D eigenvalue weighted by molar-refractivity contribution is 8.01. The molecule has 1 spiro atoms. The number of rotatable bonds is 3. The fourth-order valence-electron chi connectivity index (χ4n) is 2.24. The lowest BCUT2D eigenvalue weighted by Crippen LogP contribution is -2.60. The molecule has 2 aliphatic rings. The van der Waals surface area contributed by atoms with Gasteiger partial charge < -0.3 is 9.64 Å². The molecular formula is C10H16FNO2S. The van der Waals surface area contributed by atoms with Gasteiger partial charge in [0.1, 0.15) is 0 Å². The maximum Gasteiger partial charge on any atom is 0.225 e. The summed E-state index contributed by atoms with van der Waals surface area (Å²) >= 11 is 1.89. The number of amides is 1. The lowest BCUT2D eigenvalue weighted by Gasteiger charge is -2.47. The van der Waals surface area contributed by atoms with Gasteiger partial charge >= 0.3 is 0 Å². The first-order valence-electron chi connectivity index (χ1n) is 5.19. The van der Waals surface area contributed by atoms with E-state index in [1.54, 1.807) is 12.0 Å². The minimum Gasteiger partial charge on any atom is -0.381 e. The van der Waals surface area contributed by atoms with E-state index in [0.717, 1.165) is 25.3 Å². The van der Waals surface area contributed by atoms with Gasteiger partial charge in [-0.05, 0) is 6.42 Å². The number of hydrogen-bond donors (Lipinski definition) is 0. The van der Waals surface area contributed by atoms with Crippen molar-refractivity contribution >= 4 is 17.7 Å². The molecule has 86 valence electrons. The maximum atomic E-state index is 12.0. The summed E-state index contributed by atoms with van der Waals surface area (Å²) in [5.74, 6) is 0.964. The van der Waals surface area contributed by atoms with Crippen LogP contribution in [-0.2, 0) is 9.53 Å². The van der Waals surface area contributed by atoms with Gasteiger partial charge in [-0.1, -0.05) is 0 Å². The number of likely N-dealkylation sites (tertiary alicyclic amines) is 1. The third-order valence-electron chi connectivity index (χ3n) is 3.13. The quantitative estimate of drug-likeness (QED) is 0.730. The molecule has 15 heavy (non-hydrogen) atoms. The van der Waals surface area contributed by atoms with E-state index in [9.17, 15) is 9.18 Å². The zero-order valence-corrected chi connectivity index (χ0v) is 9.69. The van der Waals surface area contributed by atoms with Crippen LogP contribution in [0.5, 0.6) is 0 Å². The largest absolute Gasteiger partial charge is 0.381 e. The van der Waals surface area contributed by atoms with Gasteiger partial charge in [0.25, 0.3) is 0 Å². The second-order valence-electron chi connectivity index (χ2n) is 4.24. The number of methoxy groups -OCH3 is 1. The number of ether oxygens (including phenoxy) is 1. The predicted molar refractivity (Wildman–Crippen MR) is 57.8 cm³/mol. The van der Waals surface area contributed by atoms with E-state index < -0.39 is 6.67 Å². The minimum atomic E-state index is -0.545. The summed E-state index contributed by atoms with van der Waals surface area (Å²) in [5.41, 5.74) is 0. The fourth-order valence-corrected chi connectivity index (χ4v) is 3.83. The van der Waals surface area contributed by atoms with Gasteiger partial charge in [0.15, 0.2) is 0 Å². The van der Waals surface area contributed by atoms with Crippen molar-refractivity contribution in [3.8, 4) is 0 Å². The van der Waals surface area contributed by atoms with Crippen LogP contribution in [0.3, 0.4) is 0 Å². The van der Waals surface area contributed by atoms with Gasteiger partial charge in [0.2, 0.25) is 5.91 Å². The zero-order chi connectivity index (χ0) is 10.9. The molecule has 2 aliphatic heterocycles. The van der Waals surface area contributed by atoms with Crippen LogP contribution in [0.2, 0.25) is 0 Å². The van der Waals surface area contributed by atoms with Crippen LogP contribution in [0.25, 0.3) is 0 Å². The number of carbonyl (C=O) groups excluding carboxylic acids is 1. The van der Waals surface area contributed by atoms with Crippen molar-refractivity contribution in [2.75, 3.05) is 32.6 Å². The van der Waals surface area contributed by atoms with Gasteiger partial charge in [-0.15, -0.1) is 11.8 Å². The van der Waals surface area contributed by atoms with E-state index in [2.05, 4.69) is 0 Å². The molecule has 0 aromatic heterocycles. The Morgan fingerprint density at radius 1 is 1.67 bits per heavy atom. The van der Waals surface area contributed by atoms with Crippen molar-refractivity contribution in [2.45, 2.75) is 23.7 Å². The SMILES string of the molecule is CO[C@H]1CSC2(C1)CN(C(=O)CCF)C2. The summed E-state index contributed by atoms with van der Waals surface area (Å²) in [7, 11) is 1.73. The Kier molecular flexibility index (Phi) is 3.21. The molecule has 0 aromatic rings. The average Bonchev–Trinajstić information content (AvgIpc) is 2.59. The molecule has 0 radical (unpaired) electrons. The topological polar surface area (TPSA) is 29.5 Å². The first-order valence-corrected chi connectivity index (χ1v) is 6.18. The molecule has 0 saturated carbocycles. The number of carbonyl (C=O) groups is 1. The molecule has 0 unspecified atom stereocenters. The number of alkyl halides is 1. The van der Waals surface area contributed by atoms with Crippen LogP contribution in [0.15, 0.2) is 0 Å². The van der Waals surface area contributed by atoms with E-state index in [1.807, 2.05) is 11.8 Å². The lowest BCUT2D eigenvalue weighted by atomic mass is 9.92. The Bertz CT molecular complexity index is 256. The van der Waals surface area contributed by atoms with Crippen molar-refractivity contribution in [1.29, 1.82) is 0 Å². The molecule has 2 heterocycles. The molecule has 3 nitrogen and oxygen atoms in total. The second kappa shape index (κ2) is 4.29. The van der Waals surface area contributed by atoms with Gasteiger partial charge in [0.05, 0.1) is 23.9 Å². The van der Waals surface area contributed by atoms with Gasteiger partial charge in [-0.25, -0.2) is 0 Å². The summed E-state index contributed by atoms with van der Waals surface area (Å²) in [6.45, 7) is 1.00. The molecule has 0 aromatic carbocycles. The summed E-state index contributed by atoms with van der Waals surface area (Å²) in [4.78, 5) is 13.1. The molecular weight excluding hydrogens is 217 g/mol. The van der Waals surface area contributed by atoms with Crippen molar-refractivity contribution in [3.63, 3.8) is 0 Å². The summed E-state index contributed by atoms with van der Waals surface area (Å²) in [6.07, 6.45) is 1.38. The molecule has 2 rings (SSSR count). The third-order valence-corrected chi connectivity index (χ3v) is 4.70. The molecule has 1 atom stereocenters. The van der Waals surface area contributed by atoms with Crippen LogP contribution in [-0.4, -0.2) is 54.3 Å². The lowest BCUT2D eigenvalue weighted by molar-refractivity contribution is -0.136. The molecule has 0 aliphatic carbocycles. The Hall–Kier alpha value is -0.290. The molecule has 2 fully saturated rings. The van der Waals surface area contributed by atoms with Crippen LogP contribution in [0.1, 0.15) is 12.8 Å². The second-order valence-corrected chi connectivity index (χ2v) is 5.73.